The molecule has 0 saturated heterocycles. The topological polar surface area (TPSA) is 60.2 Å². The van der Waals surface area contributed by atoms with Gasteiger partial charge < -0.3 is 4.74 Å². The van der Waals surface area contributed by atoms with E-state index in [4.69, 9.17) is 10.6 Å². The van der Waals surface area contributed by atoms with Gasteiger partial charge in [0.15, 0.2) is 0 Å². The molecule has 1 aliphatic rings. The Morgan fingerprint density at radius 1 is 1.56 bits per heavy atom. The lowest BCUT2D eigenvalue weighted by molar-refractivity contribution is 0.167. The summed E-state index contributed by atoms with van der Waals surface area (Å²) in [5, 5.41) is 0. The van der Waals surface area contributed by atoms with E-state index in [1.165, 1.54) is 0 Å². The number of aromatic nitrogens is 1. The van der Waals surface area contributed by atoms with Crippen LogP contribution in [0.25, 0.3) is 0 Å². The molecule has 86 valence electrons. The normalized spacial score (nSPS) is 17.4. The zero-order chi connectivity index (χ0) is 11.2. The first kappa shape index (κ1) is 11.1. The highest BCUT2D eigenvalue weighted by atomic mass is 16.5. The van der Waals surface area contributed by atoms with Gasteiger partial charge in [-0.25, -0.2) is 5.43 Å². The van der Waals surface area contributed by atoms with Crippen molar-refractivity contribution in [3.63, 3.8) is 0 Å². The van der Waals surface area contributed by atoms with Gasteiger partial charge in [0.05, 0.1) is 12.6 Å². The summed E-state index contributed by atoms with van der Waals surface area (Å²) in [6, 6.07) is 4.02. The first-order valence-electron chi connectivity index (χ1n) is 5.58. The Kier molecular flexibility index (Phi) is 3.91. The fourth-order valence-electron chi connectivity index (χ4n) is 1.82. The molecule has 4 heteroatoms. The Morgan fingerprint density at radius 2 is 2.50 bits per heavy atom. The molecule has 1 aliphatic heterocycles. The predicted octanol–water partition coefficient (Wildman–Crippen LogP) is 1.15. The van der Waals surface area contributed by atoms with Crippen LogP contribution >= 0.6 is 0 Å². The molecule has 3 N–H and O–H groups in total. The number of hydrogen-bond donors (Lipinski definition) is 2. The van der Waals surface area contributed by atoms with Gasteiger partial charge in [-0.05, 0) is 37.0 Å². The molecule has 2 rings (SSSR count). The summed E-state index contributed by atoms with van der Waals surface area (Å²) >= 11 is 0. The van der Waals surface area contributed by atoms with Crippen molar-refractivity contribution < 1.29 is 4.74 Å². The number of nitrogens with zero attached hydrogens (tertiary/aromatic N) is 1. The largest absolute Gasteiger partial charge is 0.497 e. The number of hydrazine groups is 1. The summed E-state index contributed by atoms with van der Waals surface area (Å²) in [7, 11) is 0. The smallest absolute Gasteiger partial charge is 0.111 e. The Labute approximate surface area is 95.5 Å². The van der Waals surface area contributed by atoms with Gasteiger partial charge >= 0.3 is 0 Å². The molecule has 0 spiro atoms. The Morgan fingerprint density at radius 3 is 3.12 bits per heavy atom. The molecule has 0 aliphatic carbocycles. The minimum absolute atomic E-state index is 0.0458. The molecule has 1 aromatic rings. The highest BCUT2D eigenvalue weighted by Crippen LogP contribution is 2.16. The van der Waals surface area contributed by atoms with Crippen LogP contribution in [0.5, 0.6) is 0 Å². The van der Waals surface area contributed by atoms with E-state index in [1.54, 1.807) is 6.20 Å². The zero-order valence-corrected chi connectivity index (χ0v) is 9.23. The predicted molar refractivity (Wildman–Crippen MR) is 62.3 cm³/mol. The van der Waals surface area contributed by atoms with Crippen molar-refractivity contribution >= 4 is 0 Å². The van der Waals surface area contributed by atoms with Gasteiger partial charge in [0, 0.05) is 12.4 Å². The maximum Gasteiger partial charge on any atom is 0.111 e. The summed E-state index contributed by atoms with van der Waals surface area (Å²) in [4.78, 5) is 4.09. The average Bonchev–Trinajstić information content (AvgIpc) is 2.38. The number of allylic oxidation sites excluding steroid dienone is 1. The standard InChI is InChI=1S/C12H17N3O/c13-15-11(12-5-1-2-7-16-12)8-10-4-3-6-14-9-10/h3-6,9,11,15H,1-2,7-8,13H2. The molecular weight excluding hydrogens is 202 g/mol. The van der Waals surface area contributed by atoms with E-state index < -0.39 is 0 Å². The molecule has 1 atom stereocenters. The number of nitrogens with two attached hydrogens (primary N) is 1. The van der Waals surface area contributed by atoms with Gasteiger partial charge in [0.2, 0.25) is 0 Å². The first-order chi connectivity index (χ1) is 7.90. The van der Waals surface area contributed by atoms with Crippen LogP contribution in [-0.2, 0) is 11.2 Å². The highest BCUT2D eigenvalue weighted by molar-refractivity contribution is 5.15. The molecule has 0 bridgehead atoms. The van der Waals surface area contributed by atoms with Crippen LogP contribution in [0, 0.1) is 0 Å². The molecule has 2 heterocycles. The molecule has 0 saturated carbocycles. The summed E-state index contributed by atoms with van der Waals surface area (Å²) in [6.07, 6.45) is 8.70. The third-order valence-electron chi connectivity index (χ3n) is 2.67. The van der Waals surface area contributed by atoms with Gasteiger partial charge in [-0.15, -0.1) is 0 Å². The van der Waals surface area contributed by atoms with Crippen LogP contribution in [0.2, 0.25) is 0 Å². The second kappa shape index (κ2) is 5.63. The van der Waals surface area contributed by atoms with Crippen molar-refractivity contribution in [2.75, 3.05) is 6.61 Å². The number of nitrogens with one attached hydrogen (secondary N) is 1. The van der Waals surface area contributed by atoms with Crippen LogP contribution in [0.1, 0.15) is 18.4 Å². The Bertz CT molecular complexity index is 351. The zero-order valence-electron chi connectivity index (χ0n) is 9.23. The van der Waals surface area contributed by atoms with Gasteiger partial charge in [0.25, 0.3) is 0 Å². The molecule has 0 fully saturated rings. The lowest BCUT2D eigenvalue weighted by atomic mass is 10.0. The van der Waals surface area contributed by atoms with Crippen molar-refractivity contribution in [2.45, 2.75) is 25.3 Å². The average molecular weight is 219 g/mol. The van der Waals surface area contributed by atoms with E-state index in [0.29, 0.717) is 0 Å². The fraction of sp³-hybridized carbons (Fsp3) is 0.417. The van der Waals surface area contributed by atoms with E-state index in [2.05, 4.69) is 16.5 Å². The minimum atomic E-state index is 0.0458. The third-order valence-corrected chi connectivity index (χ3v) is 2.67. The van der Waals surface area contributed by atoms with Gasteiger partial charge in [-0.1, -0.05) is 6.07 Å². The fourth-order valence-corrected chi connectivity index (χ4v) is 1.82. The van der Waals surface area contributed by atoms with Crippen molar-refractivity contribution in [1.82, 2.24) is 10.4 Å². The number of rotatable bonds is 4. The quantitative estimate of drug-likeness (QED) is 0.589. The number of ether oxygens (including phenoxy) is 1. The van der Waals surface area contributed by atoms with Gasteiger partial charge in [-0.3, -0.25) is 10.8 Å². The molecule has 1 aromatic heterocycles. The minimum Gasteiger partial charge on any atom is -0.497 e. The summed E-state index contributed by atoms with van der Waals surface area (Å²) in [5.41, 5.74) is 3.95. The van der Waals surface area contributed by atoms with E-state index >= 15 is 0 Å². The molecule has 4 nitrogen and oxygen atoms in total. The molecule has 1 unspecified atom stereocenters. The number of hydrogen-bond acceptors (Lipinski definition) is 4. The second-order valence-electron chi connectivity index (χ2n) is 3.88. The van der Waals surface area contributed by atoms with Crippen molar-refractivity contribution in [3.8, 4) is 0 Å². The lowest BCUT2D eigenvalue weighted by Gasteiger charge is -2.23. The number of pyridine rings is 1. The van der Waals surface area contributed by atoms with E-state index in [0.717, 1.165) is 37.2 Å². The van der Waals surface area contributed by atoms with Gasteiger partial charge in [-0.2, -0.15) is 0 Å². The van der Waals surface area contributed by atoms with Crippen molar-refractivity contribution in [2.24, 2.45) is 5.84 Å². The Hall–Kier alpha value is -1.39. The van der Waals surface area contributed by atoms with Gasteiger partial charge in [0.1, 0.15) is 5.76 Å². The maximum atomic E-state index is 5.60. The monoisotopic (exact) mass is 219 g/mol. The van der Waals surface area contributed by atoms with E-state index in [-0.39, 0.29) is 6.04 Å². The Balaban J connectivity index is 2.03. The molecule has 0 amide bonds. The van der Waals surface area contributed by atoms with E-state index in [1.807, 2.05) is 18.3 Å². The molecule has 16 heavy (non-hydrogen) atoms. The SMILES string of the molecule is NNC(Cc1cccnc1)C1=CCCCO1. The molecule has 0 radical (unpaired) electrons. The summed E-state index contributed by atoms with van der Waals surface area (Å²) < 4.78 is 5.60. The lowest BCUT2D eigenvalue weighted by Crippen LogP contribution is -2.39. The van der Waals surface area contributed by atoms with Crippen LogP contribution in [-0.4, -0.2) is 17.6 Å². The summed E-state index contributed by atoms with van der Waals surface area (Å²) in [5.74, 6) is 6.52. The third kappa shape index (κ3) is 2.81. The highest BCUT2D eigenvalue weighted by Gasteiger charge is 2.16. The van der Waals surface area contributed by atoms with E-state index in [9.17, 15) is 0 Å². The molecule has 0 aromatic carbocycles. The van der Waals surface area contributed by atoms with Crippen molar-refractivity contribution in [3.05, 3.63) is 41.9 Å². The van der Waals surface area contributed by atoms with Crippen LogP contribution in [0.15, 0.2) is 36.4 Å². The molecular formula is C12H17N3O. The van der Waals surface area contributed by atoms with Crippen LogP contribution in [0.3, 0.4) is 0 Å². The van der Waals surface area contributed by atoms with Crippen molar-refractivity contribution in [1.29, 1.82) is 0 Å². The second-order valence-corrected chi connectivity index (χ2v) is 3.88. The van der Waals surface area contributed by atoms with Crippen LogP contribution < -0.4 is 11.3 Å². The van der Waals surface area contributed by atoms with Crippen LogP contribution in [0.4, 0.5) is 0 Å². The maximum absolute atomic E-state index is 5.60. The first-order valence-corrected chi connectivity index (χ1v) is 5.58. The summed E-state index contributed by atoms with van der Waals surface area (Å²) in [6.45, 7) is 0.789.